The highest BCUT2D eigenvalue weighted by molar-refractivity contribution is 6.31. The van der Waals surface area contributed by atoms with Gasteiger partial charge in [0, 0.05) is 16.1 Å². The van der Waals surface area contributed by atoms with Crippen LogP contribution in [-0.2, 0) is 13.1 Å². The van der Waals surface area contributed by atoms with E-state index in [4.69, 9.17) is 21.7 Å². The van der Waals surface area contributed by atoms with Gasteiger partial charge >= 0.3 is 0 Å². The van der Waals surface area contributed by atoms with Crippen LogP contribution in [-0.4, -0.2) is 57.5 Å². The van der Waals surface area contributed by atoms with Crippen LogP contribution in [0.15, 0.2) is 48.5 Å². The second-order valence-corrected chi connectivity index (χ2v) is 8.37. The maximum absolute atomic E-state index is 13.3. The van der Waals surface area contributed by atoms with Crippen molar-refractivity contribution in [2.45, 2.75) is 25.9 Å². The van der Waals surface area contributed by atoms with E-state index in [-0.39, 0.29) is 5.78 Å². The van der Waals surface area contributed by atoms with Gasteiger partial charge in [0.1, 0.15) is 5.82 Å². The maximum atomic E-state index is 13.3. The predicted octanol–water partition coefficient (Wildman–Crippen LogP) is 3.81. The van der Waals surface area contributed by atoms with E-state index in [1.54, 1.807) is 16.8 Å². The Bertz CT molecular complexity index is 1030. The van der Waals surface area contributed by atoms with Gasteiger partial charge in [-0.15, -0.1) is 5.10 Å². The first-order chi connectivity index (χ1) is 14.5. The van der Waals surface area contributed by atoms with E-state index in [1.165, 1.54) is 12.8 Å². The zero-order chi connectivity index (χ0) is 21.1. The van der Waals surface area contributed by atoms with Crippen molar-refractivity contribution in [2.24, 2.45) is 0 Å². The molecule has 0 aliphatic carbocycles. The minimum Gasteiger partial charge on any atom is -0.302 e. The summed E-state index contributed by atoms with van der Waals surface area (Å²) in [5, 5.41) is 5.32. The lowest BCUT2D eigenvalue weighted by Gasteiger charge is -2.14. The Morgan fingerprint density at radius 1 is 1.10 bits per heavy atom. The summed E-state index contributed by atoms with van der Waals surface area (Å²) < 4.78 is 1.80. The lowest BCUT2D eigenvalue weighted by Crippen LogP contribution is -2.19. The van der Waals surface area contributed by atoms with E-state index >= 15 is 0 Å². The second kappa shape index (κ2) is 9.08. The first-order valence-electron chi connectivity index (χ1n) is 10.2. The predicted molar refractivity (Wildman–Crippen MR) is 118 cm³/mol. The molecule has 3 aromatic rings. The Balaban J connectivity index is 1.77. The largest absolute Gasteiger partial charge is 0.302 e. The van der Waals surface area contributed by atoms with Crippen LogP contribution in [0, 0.1) is 0 Å². The van der Waals surface area contributed by atoms with Crippen molar-refractivity contribution in [2.75, 3.05) is 27.2 Å². The molecule has 2 aromatic carbocycles. The van der Waals surface area contributed by atoms with Crippen LogP contribution >= 0.6 is 11.6 Å². The van der Waals surface area contributed by atoms with Crippen molar-refractivity contribution in [3.05, 3.63) is 76.3 Å². The molecule has 0 atom stereocenters. The first-order valence-corrected chi connectivity index (χ1v) is 10.6. The van der Waals surface area contributed by atoms with Gasteiger partial charge in [-0.1, -0.05) is 41.9 Å². The molecule has 1 aliphatic rings. The molecule has 1 aliphatic heterocycles. The topological polar surface area (TPSA) is 54.3 Å². The molecule has 0 amide bonds. The summed E-state index contributed by atoms with van der Waals surface area (Å²) in [4.78, 5) is 22.5. The Morgan fingerprint density at radius 3 is 2.53 bits per heavy atom. The number of carbonyl (C=O) groups excluding carboxylic acids is 1. The van der Waals surface area contributed by atoms with E-state index in [9.17, 15) is 4.79 Å². The molecule has 1 aromatic heterocycles. The molecular formula is C23H26ClN5O. The maximum Gasteiger partial charge on any atom is 0.195 e. The number of hydrogen-bond acceptors (Lipinski definition) is 5. The quantitative estimate of drug-likeness (QED) is 0.541. The number of aromatic nitrogens is 3. The molecule has 0 N–H and O–H groups in total. The van der Waals surface area contributed by atoms with Crippen molar-refractivity contribution in [1.29, 1.82) is 0 Å². The van der Waals surface area contributed by atoms with E-state index in [0.717, 1.165) is 31.3 Å². The minimum absolute atomic E-state index is 0.0829. The van der Waals surface area contributed by atoms with Gasteiger partial charge in [-0.05, 0) is 58.2 Å². The van der Waals surface area contributed by atoms with Gasteiger partial charge in [0.25, 0.3) is 0 Å². The van der Waals surface area contributed by atoms with E-state index < -0.39 is 0 Å². The fourth-order valence-corrected chi connectivity index (χ4v) is 3.97. The number of benzene rings is 2. The fourth-order valence-electron chi connectivity index (χ4n) is 3.80. The van der Waals surface area contributed by atoms with Crippen molar-refractivity contribution >= 4 is 17.4 Å². The SMILES string of the molecule is CN(C)Cc1nc(CN2CCCC2)nn1-c1ccc(Cl)cc1C(=O)c1ccccc1. The summed E-state index contributed by atoms with van der Waals surface area (Å²) in [5.41, 5.74) is 1.84. The van der Waals surface area contributed by atoms with Crippen LogP contribution in [0.2, 0.25) is 5.02 Å². The Hall–Kier alpha value is -2.54. The Labute approximate surface area is 182 Å². The molecule has 0 radical (unpaired) electrons. The van der Waals surface area contributed by atoms with Crippen LogP contribution in [0.25, 0.3) is 5.69 Å². The molecular weight excluding hydrogens is 398 g/mol. The van der Waals surface area contributed by atoms with Crippen molar-refractivity contribution in [3.63, 3.8) is 0 Å². The van der Waals surface area contributed by atoms with Crippen LogP contribution in [0.4, 0.5) is 0 Å². The molecule has 1 fully saturated rings. The summed E-state index contributed by atoms with van der Waals surface area (Å²) in [6.45, 7) is 3.50. The molecule has 2 heterocycles. The number of halogens is 1. The molecule has 0 bridgehead atoms. The third-order valence-corrected chi connectivity index (χ3v) is 5.44. The van der Waals surface area contributed by atoms with Crippen LogP contribution in [0.3, 0.4) is 0 Å². The summed E-state index contributed by atoms with van der Waals surface area (Å²) >= 11 is 6.27. The van der Waals surface area contributed by atoms with Crippen LogP contribution in [0.1, 0.15) is 40.4 Å². The van der Waals surface area contributed by atoms with Gasteiger partial charge in [-0.2, -0.15) is 0 Å². The highest BCUT2D eigenvalue weighted by Crippen LogP contribution is 2.24. The summed E-state index contributed by atoms with van der Waals surface area (Å²) in [6.07, 6.45) is 2.44. The third kappa shape index (κ3) is 4.61. The first kappa shape index (κ1) is 20.7. The van der Waals surface area contributed by atoms with Gasteiger partial charge in [0.05, 0.1) is 18.8 Å². The summed E-state index contributed by atoms with van der Waals surface area (Å²) in [7, 11) is 3.99. The zero-order valence-corrected chi connectivity index (χ0v) is 18.1. The number of likely N-dealkylation sites (tertiary alicyclic amines) is 1. The van der Waals surface area contributed by atoms with Gasteiger partial charge in [0.2, 0.25) is 0 Å². The third-order valence-electron chi connectivity index (χ3n) is 5.21. The monoisotopic (exact) mass is 423 g/mol. The molecule has 7 heteroatoms. The number of ketones is 1. The molecule has 4 rings (SSSR count). The lowest BCUT2D eigenvalue weighted by molar-refractivity contribution is 0.103. The molecule has 1 saturated heterocycles. The normalized spacial score (nSPS) is 14.5. The molecule has 0 spiro atoms. The van der Waals surface area contributed by atoms with E-state index in [1.807, 2.05) is 50.5 Å². The molecule has 30 heavy (non-hydrogen) atoms. The average Bonchev–Trinajstić information content (AvgIpc) is 3.38. The fraction of sp³-hybridized carbons (Fsp3) is 0.348. The standard InChI is InChI=1S/C23H26ClN5O/c1-27(2)16-22-25-21(15-28-12-6-7-13-28)26-29(22)20-11-10-18(24)14-19(20)23(30)17-8-4-3-5-9-17/h3-5,8-11,14H,6-7,12-13,15-16H2,1-2H3. The van der Waals surface area contributed by atoms with Gasteiger partial charge in [-0.25, -0.2) is 9.67 Å². The molecule has 156 valence electrons. The van der Waals surface area contributed by atoms with Crippen molar-refractivity contribution in [3.8, 4) is 5.69 Å². The molecule has 0 saturated carbocycles. The van der Waals surface area contributed by atoms with E-state index in [0.29, 0.717) is 28.4 Å². The summed E-state index contributed by atoms with van der Waals surface area (Å²) in [5.74, 6) is 1.50. The van der Waals surface area contributed by atoms with Gasteiger partial charge in [0.15, 0.2) is 11.6 Å². The van der Waals surface area contributed by atoms with Gasteiger partial charge in [-0.3, -0.25) is 9.69 Å². The highest BCUT2D eigenvalue weighted by Gasteiger charge is 2.21. The van der Waals surface area contributed by atoms with Crippen molar-refractivity contribution in [1.82, 2.24) is 24.6 Å². The number of nitrogens with zero attached hydrogens (tertiary/aromatic N) is 5. The van der Waals surface area contributed by atoms with Crippen molar-refractivity contribution < 1.29 is 4.79 Å². The Morgan fingerprint density at radius 2 is 1.83 bits per heavy atom. The van der Waals surface area contributed by atoms with Crippen LogP contribution < -0.4 is 0 Å². The minimum atomic E-state index is -0.0829. The number of rotatable bonds is 7. The number of carbonyl (C=O) groups is 1. The smallest absolute Gasteiger partial charge is 0.195 e. The van der Waals surface area contributed by atoms with E-state index in [2.05, 4.69) is 9.80 Å². The average molecular weight is 424 g/mol. The summed E-state index contributed by atoms with van der Waals surface area (Å²) in [6, 6.07) is 14.6. The Kier molecular flexibility index (Phi) is 6.27. The second-order valence-electron chi connectivity index (χ2n) is 7.93. The molecule has 6 nitrogen and oxygen atoms in total. The zero-order valence-electron chi connectivity index (χ0n) is 17.4. The number of hydrogen-bond donors (Lipinski definition) is 0. The highest BCUT2D eigenvalue weighted by atomic mass is 35.5. The van der Waals surface area contributed by atoms with Gasteiger partial charge < -0.3 is 4.90 Å². The van der Waals surface area contributed by atoms with Crippen LogP contribution in [0.5, 0.6) is 0 Å². The molecule has 0 unspecified atom stereocenters. The lowest BCUT2D eigenvalue weighted by atomic mass is 10.0.